The van der Waals surface area contributed by atoms with E-state index in [2.05, 4.69) is 4.98 Å². The maximum absolute atomic E-state index is 11.2. The highest BCUT2D eigenvalue weighted by molar-refractivity contribution is 7.13. The number of nitrogens with zero attached hydrogens (tertiary/aromatic N) is 2. The Morgan fingerprint density at radius 3 is 2.79 bits per heavy atom. The molecule has 3 nitrogen and oxygen atoms in total. The lowest BCUT2D eigenvalue weighted by Gasteiger charge is -1.99. The van der Waals surface area contributed by atoms with Crippen molar-refractivity contribution in [2.45, 2.75) is 6.92 Å². The second-order valence-electron chi connectivity index (χ2n) is 3.16. The molecule has 0 atom stereocenters. The van der Waals surface area contributed by atoms with Crippen LogP contribution in [0.1, 0.15) is 5.69 Å². The summed E-state index contributed by atoms with van der Waals surface area (Å²) in [6.07, 6.45) is 1.81. The van der Waals surface area contributed by atoms with Crippen LogP contribution in [0.25, 0.3) is 10.6 Å². The van der Waals surface area contributed by atoms with Gasteiger partial charge < -0.3 is 4.57 Å². The number of pyridine rings is 1. The largest absolute Gasteiger partial charge is 0.318 e. The van der Waals surface area contributed by atoms with E-state index in [-0.39, 0.29) is 5.56 Å². The molecule has 2 aromatic rings. The molecule has 0 aliphatic carbocycles. The van der Waals surface area contributed by atoms with Crippen molar-refractivity contribution in [3.05, 3.63) is 39.8 Å². The first-order valence-corrected chi connectivity index (χ1v) is 5.14. The van der Waals surface area contributed by atoms with Gasteiger partial charge in [-0.15, -0.1) is 11.3 Å². The molecule has 14 heavy (non-hydrogen) atoms. The number of aromatic nitrogens is 2. The van der Waals surface area contributed by atoms with Crippen LogP contribution in [0.15, 0.2) is 28.5 Å². The van der Waals surface area contributed by atoms with Crippen LogP contribution < -0.4 is 5.56 Å². The second-order valence-corrected chi connectivity index (χ2v) is 4.02. The molecule has 2 rings (SSSR count). The van der Waals surface area contributed by atoms with E-state index in [0.29, 0.717) is 0 Å². The molecule has 72 valence electrons. The standard InChI is InChI=1S/C10H10N2OS/c1-7-6-14-10(11-7)8-3-4-9(13)12(2)5-8/h3-6H,1-2H3. The van der Waals surface area contributed by atoms with Crippen molar-refractivity contribution in [3.8, 4) is 10.6 Å². The van der Waals surface area contributed by atoms with Gasteiger partial charge in [-0.2, -0.15) is 0 Å². The van der Waals surface area contributed by atoms with E-state index >= 15 is 0 Å². The summed E-state index contributed by atoms with van der Waals surface area (Å²) in [6, 6.07) is 3.37. The fraction of sp³-hybridized carbons (Fsp3) is 0.200. The quantitative estimate of drug-likeness (QED) is 0.713. The summed E-state index contributed by atoms with van der Waals surface area (Å²) in [5.41, 5.74) is 2.01. The van der Waals surface area contributed by atoms with Crippen molar-refractivity contribution in [3.63, 3.8) is 0 Å². The van der Waals surface area contributed by atoms with E-state index in [4.69, 9.17) is 0 Å². The van der Waals surface area contributed by atoms with E-state index < -0.39 is 0 Å². The van der Waals surface area contributed by atoms with Gasteiger partial charge in [-0.1, -0.05) is 0 Å². The summed E-state index contributed by atoms with van der Waals surface area (Å²) in [5.74, 6) is 0. The highest BCUT2D eigenvalue weighted by Gasteiger charge is 2.02. The van der Waals surface area contributed by atoms with Crippen LogP contribution in [0.5, 0.6) is 0 Å². The summed E-state index contributed by atoms with van der Waals surface area (Å²) < 4.78 is 1.56. The maximum atomic E-state index is 11.2. The SMILES string of the molecule is Cc1csc(-c2ccc(=O)n(C)c2)n1. The molecule has 2 heterocycles. The van der Waals surface area contributed by atoms with Gasteiger partial charge in [0.1, 0.15) is 5.01 Å². The third kappa shape index (κ3) is 1.61. The van der Waals surface area contributed by atoms with Gasteiger partial charge in [-0.25, -0.2) is 4.98 Å². The highest BCUT2D eigenvalue weighted by Crippen LogP contribution is 2.21. The van der Waals surface area contributed by atoms with Crippen LogP contribution in [-0.4, -0.2) is 9.55 Å². The lowest BCUT2D eigenvalue weighted by molar-refractivity contribution is 0.862. The van der Waals surface area contributed by atoms with Gasteiger partial charge >= 0.3 is 0 Å². The van der Waals surface area contributed by atoms with Gasteiger partial charge in [0.15, 0.2) is 0 Å². The lowest BCUT2D eigenvalue weighted by Crippen LogP contribution is -2.13. The van der Waals surface area contributed by atoms with Crippen molar-refractivity contribution >= 4 is 11.3 Å². The Morgan fingerprint density at radius 1 is 1.43 bits per heavy atom. The molecule has 0 fully saturated rings. The molecule has 0 saturated heterocycles. The fourth-order valence-electron chi connectivity index (χ4n) is 1.21. The third-order valence-electron chi connectivity index (χ3n) is 1.95. The molecule has 2 aromatic heterocycles. The minimum atomic E-state index is 0.00188. The van der Waals surface area contributed by atoms with E-state index in [1.165, 1.54) is 0 Å². The number of aryl methyl sites for hydroxylation is 2. The van der Waals surface area contributed by atoms with Crippen molar-refractivity contribution in [2.75, 3.05) is 0 Å². The third-order valence-corrected chi connectivity index (χ3v) is 2.96. The first-order chi connectivity index (χ1) is 6.66. The Bertz CT molecular complexity index is 513. The zero-order valence-electron chi connectivity index (χ0n) is 8.02. The molecule has 0 amide bonds. The number of hydrogen-bond donors (Lipinski definition) is 0. The van der Waals surface area contributed by atoms with Crippen molar-refractivity contribution in [1.29, 1.82) is 0 Å². The lowest BCUT2D eigenvalue weighted by atomic mass is 10.3. The van der Waals surface area contributed by atoms with Crippen LogP contribution in [0.2, 0.25) is 0 Å². The van der Waals surface area contributed by atoms with Crippen LogP contribution in [0.4, 0.5) is 0 Å². The first kappa shape index (κ1) is 9.15. The number of thiazole rings is 1. The summed E-state index contributed by atoms with van der Waals surface area (Å²) in [6.45, 7) is 1.96. The number of rotatable bonds is 1. The smallest absolute Gasteiger partial charge is 0.250 e. The summed E-state index contributed by atoms with van der Waals surface area (Å²) in [4.78, 5) is 15.5. The van der Waals surface area contributed by atoms with Crippen LogP contribution in [-0.2, 0) is 7.05 Å². The fourth-order valence-corrected chi connectivity index (χ4v) is 2.00. The zero-order chi connectivity index (χ0) is 10.1. The molecule has 0 saturated carbocycles. The average molecular weight is 206 g/mol. The Balaban J connectivity index is 2.52. The molecule has 4 heteroatoms. The second kappa shape index (κ2) is 3.38. The predicted molar refractivity (Wildman–Crippen MR) is 57.5 cm³/mol. The summed E-state index contributed by atoms with van der Waals surface area (Å²) in [7, 11) is 1.74. The number of hydrogen-bond acceptors (Lipinski definition) is 3. The van der Waals surface area contributed by atoms with Crippen molar-refractivity contribution < 1.29 is 0 Å². The highest BCUT2D eigenvalue weighted by atomic mass is 32.1. The minimum absolute atomic E-state index is 0.00188. The Kier molecular flexibility index (Phi) is 2.21. The van der Waals surface area contributed by atoms with Crippen LogP contribution in [0.3, 0.4) is 0 Å². The minimum Gasteiger partial charge on any atom is -0.318 e. The van der Waals surface area contributed by atoms with Gasteiger partial charge in [0.2, 0.25) is 5.56 Å². The van der Waals surface area contributed by atoms with Crippen LogP contribution in [0, 0.1) is 6.92 Å². The average Bonchev–Trinajstić information content (AvgIpc) is 2.57. The Labute approximate surface area is 85.7 Å². The zero-order valence-corrected chi connectivity index (χ0v) is 8.84. The van der Waals surface area contributed by atoms with Gasteiger partial charge in [0.05, 0.1) is 0 Å². The first-order valence-electron chi connectivity index (χ1n) is 4.26. The van der Waals surface area contributed by atoms with Gasteiger partial charge in [0.25, 0.3) is 0 Å². The molecular weight excluding hydrogens is 196 g/mol. The molecule has 0 unspecified atom stereocenters. The molecular formula is C10H10N2OS. The summed E-state index contributed by atoms with van der Waals surface area (Å²) in [5, 5.41) is 2.96. The van der Waals surface area contributed by atoms with Crippen LogP contribution >= 0.6 is 11.3 Å². The van der Waals surface area contributed by atoms with E-state index in [1.54, 1.807) is 41.3 Å². The Morgan fingerprint density at radius 2 is 2.21 bits per heavy atom. The molecule has 0 radical (unpaired) electrons. The van der Waals surface area contributed by atoms with Gasteiger partial charge in [-0.3, -0.25) is 4.79 Å². The molecule has 0 aliphatic rings. The molecule has 0 spiro atoms. The molecule has 0 aliphatic heterocycles. The monoisotopic (exact) mass is 206 g/mol. The van der Waals surface area contributed by atoms with Crippen molar-refractivity contribution in [1.82, 2.24) is 9.55 Å². The molecule has 0 bridgehead atoms. The summed E-state index contributed by atoms with van der Waals surface area (Å²) >= 11 is 1.59. The molecule has 0 N–H and O–H groups in total. The van der Waals surface area contributed by atoms with Crippen molar-refractivity contribution in [2.24, 2.45) is 7.05 Å². The maximum Gasteiger partial charge on any atom is 0.250 e. The predicted octanol–water partition coefficient (Wildman–Crippen LogP) is 1.82. The van der Waals surface area contributed by atoms with E-state index in [9.17, 15) is 4.79 Å². The normalized spacial score (nSPS) is 10.4. The van der Waals surface area contributed by atoms with Gasteiger partial charge in [0, 0.05) is 35.9 Å². The van der Waals surface area contributed by atoms with E-state index in [0.717, 1.165) is 16.3 Å². The topological polar surface area (TPSA) is 34.9 Å². The Hall–Kier alpha value is -1.42. The van der Waals surface area contributed by atoms with E-state index in [1.807, 2.05) is 12.3 Å². The van der Waals surface area contributed by atoms with Gasteiger partial charge in [-0.05, 0) is 13.0 Å². The molecule has 0 aromatic carbocycles.